The lowest BCUT2D eigenvalue weighted by atomic mass is 10.4. The van der Waals surface area contributed by atoms with E-state index in [2.05, 4.69) is 15.9 Å². The van der Waals surface area contributed by atoms with E-state index in [0.717, 1.165) is 12.8 Å². The van der Waals surface area contributed by atoms with Crippen LogP contribution in [0.3, 0.4) is 0 Å². The summed E-state index contributed by atoms with van der Waals surface area (Å²) in [4.78, 5) is 0.112. The third-order valence-electron chi connectivity index (χ3n) is 3.34. The first-order chi connectivity index (χ1) is 10.0. The van der Waals surface area contributed by atoms with Crippen molar-refractivity contribution >= 4 is 26.0 Å². The molecule has 0 spiro atoms. The standard InChI is InChI=1S/C13H15BrN2O4S/c14-13-12(6-11(7-15)20-13)21(17,18)16(9-3-4-9)8-10-2-1-5-19-10/h1-2,5-6,9H,3-4,7-8,15H2. The van der Waals surface area contributed by atoms with Crippen molar-refractivity contribution in [3.05, 3.63) is 40.7 Å². The van der Waals surface area contributed by atoms with Crippen LogP contribution >= 0.6 is 15.9 Å². The summed E-state index contributed by atoms with van der Waals surface area (Å²) >= 11 is 3.16. The lowest BCUT2D eigenvalue weighted by molar-refractivity contribution is 0.356. The van der Waals surface area contributed by atoms with Gasteiger partial charge in [0, 0.05) is 12.1 Å². The average molecular weight is 375 g/mol. The number of furan rings is 2. The Labute approximate surface area is 131 Å². The SMILES string of the molecule is NCc1cc(S(=O)(=O)N(Cc2ccco2)C2CC2)c(Br)o1. The molecule has 0 unspecified atom stereocenters. The molecule has 2 heterocycles. The van der Waals surface area contributed by atoms with Gasteiger partial charge in [-0.1, -0.05) is 0 Å². The van der Waals surface area contributed by atoms with E-state index in [1.54, 1.807) is 12.1 Å². The van der Waals surface area contributed by atoms with Gasteiger partial charge in [0.05, 0.1) is 19.4 Å². The molecule has 8 heteroatoms. The summed E-state index contributed by atoms with van der Waals surface area (Å²) in [6, 6.07) is 4.99. The van der Waals surface area contributed by atoms with Crippen molar-refractivity contribution < 1.29 is 17.3 Å². The second-order valence-corrected chi connectivity index (χ2v) is 7.49. The molecular weight excluding hydrogens is 360 g/mol. The van der Waals surface area contributed by atoms with E-state index in [1.165, 1.54) is 16.6 Å². The van der Waals surface area contributed by atoms with E-state index in [0.29, 0.717) is 11.5 Å². The van der Waals surface area contributed by atoms with Crippen LogP contribution in [0.2, 0.25) is 0 Å². The third-order valence-corrected chi connectivity index (χ3v) is 6.10. The summed E-state index contributed by atoms with van der Waals surface area (Å²) in [6.07, 6.45) is 3.26. The van der Waals surface area contributed by atoms with Crippen LogP contribution in [0.4, 0.5) is 0 Å². The van der Waals surface area contributed by atoms with Crippen LogP contribution in [0.15, 0.2) is 42.9 Å². The molecule has 0 radical (unpaired) electrons. The Bertz CT molecular complexity index is 719. The molecule has 0 bridgehead atoms. The molecule has 2 N–H and O–H groups in total. The minimum atomic E-state index is -3.66. The average Bonchev–Trinajstić information content (AvgIpc) is 2.99. The van der Waals surface area contributed by atoms with Gasteiger partial charge in [-0.25, -0.2) is 8.42 Å². The zero-order valence-corrected chi connectivity index (χ0v) is 13.6. The maximum atomic E-state index is 12.8. The number of rotatable bonds is 6. The molecule has 3 rings (SSSR count). The molecule has 2 aromatic heterocycles. The molecule has 1 fully saturated rings. The minimum absolute atomic E-state index is 0.0169. The first-order valence-electron chi connectivity index (χ1n) is 6.55. The fraction of sp³-hybridized carbons (Fsp3) is 0.385. The summed E-state index contributed by atoms with van der Waals surface area (Å²) in [5.74, 6) is 1.04. The molecule has 21 heavy (non-hydrogen) atoms. The highest BCUT2D eigenvalue weighted by Crippen LogP contribution is 2.36. The van der Waals surface area contributed by atoms with Crippen molar-refractivity contribution in [2.75, 3.05) is 0 Å². The molecule has 2 aromatic rings. The summed E-state index contributed by atoms with van der Waals surface area (Å²) < 4.78 is 37.9. The lowest BCUT2D eigenvalue weighted by Gasteiger charge is -2.20. The first kappa shape index (κ1) is 14.8. The van der Waals surface area contributed by atoms with E-state index < -0.39 is 10.0 Å². The Morgan fingerprint density at radius 3 is 2.67 bits per heavy atom. The number of nitrogens with two attached hydrogens (primary N) is 1. The Morgan fingerprint density at radius 2 is 2.14 bits per heavy atom. The van der Waals surface area contributed by atoms with Crippen LogP contribution in [-0.4, -0.2) is 18.8 Å². The first-order valence-corrected chi connectivity index (χ1v) is 8.78. The number of halogens is 1. The maximum Gasteiger partial charge on any atom is 0.248 e. The molecule has 1 aliphatic carbocycles. The van der Waals surface area contributed by atoms with Crippen molar-refractivity contribution in [2.45, 2.75) is 36.9 Å². The smallest absolute Gasteiger partial charge is 0.248 e. The van der Waals surface area contributed by atoms with E-state index in [-0.39, 0.29) is 28.7 Å². The van der Waals surface area contributed by atoms with Gasteiger partial charge in [-0.2, -0.15) is 4.31 Å². The predicted molar refractivity (Wildman–Crippen MR) is 78.8 cm³/mol. The highest BCUT2D eigenvalue weighted by Gasteiger charge is 2.40. The van der Waals surface area contributed by atoms with Gasteiger partial charge in [-0.3, -0.25) is 0 Å². The Hall–Kier alpha value is -1.09. The minimum Gasteiger partial charge on any atom is -0.468 e. The summed E-state index contributed by atoms with van der Waals surface area (Å²) in [6.45, 7) is 0.366. The van der Waals surface area contributed by atoms with E-state index >= 15 is 0 Å². The van der Waals surface area contributed by atoms with Crippen LogP contribution in [-0.2, 0) is 23.1 Å². The second kappa shape index (κ2) is 5.60. The molecule has 0 saturated heterocycles. The van der Waals surface area contributed by atoms with E-state index in [1.807, 2.05) is 0 Å². The second-order valence-electron chi connectivity index (χ2n) is 4.92. The van der Waals surface area contributed by atoms with Crippen molar-refractivity contribution in [2.24, 2.45) is 5.73 Å². The molecule has 114 valence electrons. The Balaban J connectivity index is 1.95. The molecule has 0 aliphatic heterocycles. The van der Waals surface area contributed by atoms with E-state index in [4.69, 9.17) is 14.6 Å². The van der Waals surface area contributed by atoms with Crippen molar-refractivity contribution in [1.82, 2.24) is 4.31 Å². The topological polar surface area (TPSA) is 89.7 Å². The number of hydrogen-bond donors (Lipinski definition) is 1. The largest absolute Gasteiger partial charge is 0.468 e. The predicted octanol–water partition coefficient (Wildman–Crippen LogP) is 2.45. The van der Waals surface area contributed by atoms with Crippen molar-refractivity contribution in [1.29, 1.82) is 0 Å². The van der Waals surface area contributed by atoms with E-state index in [9.17, 15) is 8.42 Å². The maximum absolute atomic E-state index is 12.8. The van der Waals surface area contributed by atoms with Crippen LogP contribution in [0.25, 0.3) is 0 Å². The highest BCUT2D eigenvalue weighted by atomic mass is 79.9. The lowest BCUT2D eigenvalue weighted by Crippen LogP contribution is -2.32. The molecule has 0 aromatic carbocycles. The van der Waals surface area contributed by atoms with Gasteiger partial charge >= 0.3 is 0 Å². The fourth-order valence-corrected chi connectivity index (χ4v) is 4.74. The molecular formula is C13H15BrN2O4S. The number of hydrogen-bond acceptors (Lipinski definition) is 5. The highest BCUT2D eigenvalue weighted by molar-refractivity contribution is 9.10. The van der Waals surface area contributed by atoms with Gasteiger partial charge in [0.15, 0.2) is 4.67 Å². The third kappa shape index (κ3) is 2.94. The van der Waals surface area contributed by atoms with Crippen LogP contribution in [0.1, 0.15) is 24.4 Å². The zero-order valence-electron chi connectivity index (χ0n) is 11.2. The molecule has 0 atom stereocenters. The van der Waals surface area contributed by atoms with Gasteiger partial charge in [-0.05, 0) is 40.9 Å². The van der Waals surface area contributed by atoms with Crippen LogP contribution in [0.5, 0.6) is 0 Å². The zero-order chi connectivity index (χ0) is 15.0. The van der Waals surface area contributed by atoms with Gasteiger partial charge in [0.25, 0.3) is 0 Å². The van der Waals surface area contributed by atoms with Gasteiger partial charge in [0.2, 0.25) is 10.0 Å². The van der Waals surface area contributed by atoms with Crippen LogP contribution in [0, 0.1) is 0 Å². The summed E-state index contributed by atoms with van der Waals surface area (Å²) in [5.41, 5.74) is 5.50. The Morgan fingerprint density at radius 1 is 1.38 bits per heavy atom. The molecule has 1 saturated carbocycles. The molecule has 6 nitrogen and oxygen atoms in total. The fourth-order valence-electron chi connectivity index (χ4n) is 2.13. The van der Waals surface area contributed by atoms with Gasteiger partial charge in [-0.15, -0.1) is 0 Å². The summed E-state index contributed by atoms with van der Waals surface area (Å²) in [5, 5.41) is 0. The summed E-state index contributed by atoms with van der Waals surface area (Å²) in [7, 11) is -3.66. The van der Waals surface area contributed by atoms with Crippen LogP contribution < -0.4 is 5.73 Å². The van der Waals surface area contributed by atoms with Crippen molar-refractivity contribution in [3.63, 3.8) is 0 Å². The normalized spacial score (nSPS) is 15.8. The Kier molecular flexibility index (Phi) is 3.96. The van der Waals surface area contributed by atoms with Crippen molar-refractivity contribution in [3.8, 4) is 0 Å². The van der Waals surface area contributed by atoms with Gasteiger partial charge < -0.3 is 14.6 Å². The monoisotopic (exact) mass is 374 g/mol. The number of nitrogens with zero attached hydrogens (tertiary/aromatic N) is 1. The molecule has 1 aliphatic rings. The quantitative estimate of drug-likeness (QED) is 0.838. The molecule has 0 amide bonds. The number of sulfonamides is 1. The van der Waals surface area contributed by atoms with Gasteiger partial charge in [0.1, 0.15) is 16.4 Å².